The van der Waals surface area contributed by atoms with E-state index in [1.165, 1.54) is 11.7 Å². The van der Waals surface area contributed by atoms with Crippen LogP contribution in [-0.4, -0.2) is 22.6 Å². The summed E-state index contributed by atoms with van der Waals surface area (Å²) in [7, 11) is 1.33. The Morgan fingerprint density at radius 2 is 1.66 bits per heavy atom. The highest BCUT2D eigenvalue weighted by molar-refractivity contribution is 5.89. The number of hydrogen-bond donors (Lipinski definition) is 2. The lowest BCUT2D eigenvalue weighted by Crippen LogP contribution is -2.38. The number of anilines is 2. The van der Waals surface area contributed by atoms with Crippen molar-refractivity contribution in [2.75, 3.05) is 17.7 Å². The first kappa shape index (κ1) is 22.9. The molecule has 8 heteroatoms. The minimum atomic E-state index is -0.526. The highest BCUT2D eigenvalue weighted by Gasteiger charge is 2.20. The molecule has 0 aliphatic heterocycles. The summed E-state index contributed by atoms with van der Waals surface area (Å²) >= 11 is 0. The summed E-state index contributed by atoms with van der Waals surface area (Å²) in [5.74, 6) is -0.268. The van der Waals surface area contributed by atoms with Crippen LogP contribution in [-0.2, 0) is 24.4 Å². The number of unbranched alkanes of at least 4 members (excludes halogenated alkanes) is 1. The molecule has 0 saturated heterocycles. The highest BCUT2D eigenvalue weighted by Crippen LogP contribution is 2.22. The normalized spacial score (nSPS) is 10.7. The monoisotopic (exact) mass is 436 g/mol. The molecular formula is C24H28N4O4. The molecule has 0 aliphatic carbocycles. The van der Waals surface area contributed by atoms with Gasteiger partial charge in [0, 0.05) is 19.6 Å². The minimum Gasteiger partial charge on any atom is -0.465 e. The van der Waals surface area contributed by atoms with E-state index in [0.717, 1.165) is 24.0 Å². The molecule has 0 radical (unpaired) electrons. The van der Waals surface area contributed by atoms with Gasteiger partial charge in [0.1, 0.15) is 11.5 Å². The Hall–Kier alpha value is -3.81. The fraction of sp³-hybridized carbons (Fsp3) is 0.292. The third-order valence-corrected chi connectivity index (χ3v) is 5.23. The Kier molecular flexibility index (Phi) is 7.49. The molecule has 168 valence electrons. The first-order chi connectivity index (χ1) is 15.4. The summed E-state index contributed by atoms with van der Waals surface area (Å²) < 4.78 is 6.17. The fourth-order valence-electron chi connectivity index (χ4n) is 3.52. The van der Waals surface area contributed by atoms with Crippen LogP contribution >= 0.6 is 0 Å². The van der Waals surface area contributed by atoms with Crippen LogP contribution in [0.15, 0.2) is 64.2 Å². The van der Waals surface area contributed by atoms with Crippen molar-refractivity contribution in [1.82, 2.24) is 9.55 Å². The number of carbonyl (C=O) groups is 1. The summed E-state index contributed by atoms with van der Waals surface area (Å²) in [5.41, 5.74) is 7.88. The molecule has 3 aromatic rings. The smallest absolute Gasteiger partial charge is 0.337 e. The van der Waals surface area contributed by atoms with Crippen LogP contribution in [0, 0.1) is 0 Å². The topological polar surface area (TPSA) is 110 Å². The number of aromatic nitrogens is 2. The van der Waals surface area contributed by atoms with Gasteiger partial charge >= 0.3 is 11.7 Å². The predicted molar refractivity (Wildman–Crippen MR) is 125 cm³/mol. The number of esters is 1. The SMILES string of the molecule is CCCCn1c(N)c(N(Cc2ccccc2)Cc2ccc(C(=O)OC)cc2)c(=O)[nH]c1=O. The van der Waals surface area contributed by atoms with Gasteiger partial charge in [-0.05, 0) is 29.7 Å². The van der Waals surface area contributed by atoms with Crippen LogP contribution in [0.3, 0.4) is 0 Å². The lowest BCUT2D eigenvalue weighted by atomic mass is 10.1. The molecule has 0 aliphatic rings. The summed E-state index contributed by atoms with van der Waals surface area (Å²) in [6.45, 7) is 3.22. The molecule has 0 fully saturated rings. The number of nitrogens with two attached hydrogens (primary N) is 1. The molecule has 1 aromatic heterocycles. The maximum atomic E-state index is 12.8. The van der Waals surface area contributed by atoms with E-state index in [0.29, 0.717) is 25.2 Å². The van der Waals surface area contributed by atoms with Gasteiger partial charge in [0.05, 0.1) is 12.7 Å². The van der Waals surface area contributed by atoms with E-state index >= 15 is 0 Å². The third-order valence-electron chi connectivity index (χ3n) is 5.23. The molecular weight excluding hydrogens is 408 g/mol. The number of carbonyl (C=O) groups excluding carboxylic acids is 1. The van der Waals surface area contributed by atoms with Crippen LogP contribution in [0.4, 0.5) is 11.5 Å². The van der Waals surface area contributed by atoms with Crippen LogP contribution in [0.25, 0.3) is 0 Å². The van der Waals surface area contributed by atoms with Crippen molar-refractivity contribution in [2.24, 2.45) is 0 Å². The lowest BCUT2D eigenvalue weighted by molar-refractivity contribution is 0.0600. The zero-order valence-corrected chi connectivity index (χ0v) is 18.3. The number of H-pyrrole nitrogens is 1. The Bertz CT molecular complexity index is 1170. The van der Waals surface area contributed by atoms with Crippen molar-refractivity contribution in [2.45, 2.75) is 39.4 Å². The van der Waals surface area contributed by atoms with Crippen LogP contribution in [0.1, 0.15) is 41.3 Å². The van der Waals surface area contributed by atoms with Crippen molar-refractivity contribution in [1.29, 1.82) is 0 Å². The number of methoxy groups -OCH3 is 1. The number of ether oxygens (including phenoxy) is 1. The van der Waals surface area contributed by atoms with Gasteiger partial charge in [-0.1, -0.05) is 55.8 Å². The first-order valence-corrected chi connectivity index (χ1v) is 10.5. The first-order valence-electron chi connectivity index (χ1n) is 10.5. The van der Waals surface area contributed by atoms with Crippen molar-refractivity contribution in [3.8, 4) is 0 Å². The Morgan fingerprint density at radius 1 is 1.03 bits per heavy atom. The molecule has 1 heterocycles. The summed E-state index contributed by atoms with van der Waals surface area (Å²) in [6, 6.07) is 16.7. The molecule has 0 bridgehead atoms. The van der Waals surface area contributed by atoms with E-state index in [1.807, 2.05) is 54.3 Å². The Balaban J connectivity index is 2.02. The highest BCUT2D eigenvalue weighted by atomic mass is 16.5. The molecule has 8 nitrogen and oxygen atoms in total. The Morgan fingerprint density at radius 3 is 2.25 bits per heavy atom. The number of aromatic amines is 1. The van der Waals surface area contributed by atoms with E-state index in [-0.39, 0.29) is 11.5 Å². The third kappa shape index (κ3) is 5.26. The predicted octanol–water partition coefficient (Wildman–Crippen LogP) is 2.91. The maximum Gasteiger partial charge on any atom is 0.337 e. The molecule has 0 saturated carbocycles. The molecule has 0 spiro atoms. The summed E-state index contributed by atoms with van der Waals surface area (Å²) in [4.78, 5) is 41.2. The van der Waals surface area contributed by atoms with E-state index in [2.05, 4.69) is 4.98 Å². The lowest BCUT2D eigenvalue weighted by Gasteiger charge is -2.26. The zero-order valence-electron chi connectivity index (χ0n) is 18.3. The molecule has 2 aromatic carbocycles. The number of rotatable bonds is 9. The second kappa shape index (κ2) is 10.5. The van der Waals surface area contributed by atoms with Crippen molar-refractivity contribution in [3.05, 3.63) is 92.1 Å². The average molecular weight is 437 g/mol. The molecule has 3 rings (SSSR count). The van der Waals surface area contributed by atoms with Crippen molar-refractivity contribution >= 4 is 17.5 Å². The van der Waals surface area contributed by atoms with Crippen LogP contribution in [0.2, 0.25) is 0 Å². The number of hydrogen-bond acceptors (Lipinski definition) is 6. The zero-order chi connectivity index (χ0) is 23.1. The summed E-state index contributed by atoms with van der Waals surface area (Å²) in [5, 5.41) is 0. The van der Waals surface area contributed by atoms with E-state index in [1.54, 1.807) is 12.1 Å². The minimum absolute atomic E-state index is 0.148. The molecule has 0 unspecified atom stereocenters. The van der Waals surface area contributed by atoms with E-state index in [9.17, 15) is 14.4 Å². The van der Waals surface area contributed by atoms with Crippen LogP contribution in [0.5, 0.6) is 0 Å². The van der Waals surface area contributed by atoms with Gasteiger partial charge in [0.25, 0.3) is 5.56 Å². The van der Waals surface area contributed by atoms with Crippen LogP contribution < -0.4 is 21.9 Å². The number of nitrogens with one attached hydrogen (secondary N) is 1. The molecule has 0 atom stereocenters. The largest absolute Gasteiger partial charge is 0.465 e. The molecule has 3 N–H and O–H groups in total. The molecule has 0 amide bonds. The van der Waals surface area contributed by atoms with Gasteiger partial charge in [-0.15, -0.1) is 0 Å². The number of benzene rings is 2. The van der Waals surface area contributed by atoms with Gasteiger partial charge in [-0.25, -0.2) is 9.59 Å². The van der Waals surface area contributed by atoms with E-state index in [4.69, 9.17) is 10.5 Å². The fourth-order valence-corrected chi connectivity index (χ4v) is 3.52. The molecule has 32 heavy (non-hydrogen) atoms. The van der Waals surface area contributed by atoms with Gasteiger partial charge in [-0.3, -0.25) is 14.3 Å². The second-order valence-electron chi connectivity index (χ2n) is 7.53. The summed E-state index contributed by atoms with van der Waals surface area (Å²) in [6.07, 6.45) is 1.66. The Labute approximate surface area is 186 Å². The van der Waals surface area contributed by atoms with Gasteiger partial charge in [0.15, 0.2) is 0 Å². The van der Waals surface area contributed by atoms with Gasteiger partial charge in [0.2, 0.25) is 0 Å². The van der Waals surface area contributed by atoms with Crippen molar-refractivity contribution < 1.29 is 9.53 Å². The number of nitrogens with zero attached hydrogens (tertiary/aromatic N) is 2. The average Bonchev–Trinajstić information content (AvgIpc) is 2.79. The van der Waals surface area contributed by atoms with Crippen molar-refractivity contribution in [3.63, 3.8) is 0 Å². The van der Waals surface area contributed by atoms with Gasteiger partial charge in [-0.2, -0.15) is 0 Å². The van der Waals surface area contributed by atoms with Gasteiger partial charge < -0.3 is 15.4 Å². The second-order valence-corrected chi connectivity index (χ2v) is 7.53. The van der Waals surface area contributed by atoms with E-state index < -0.39 is 17.2 Å². The maximum absolute atomic E-state index is 12.8. The standard InChI is InChI=1S/C24H28N4O4/c1-3-4-14-28-21(25)20(22(29)26-24(28)31)27(15-17-8-6-5-7-9-17)16-18-10-12-19(13-11-18)23(30)32-2/h5-13H,3-4,14-16,25H2,1-2H3,(H,26,29,31). The quantitative estimate of drug-likeness (QED) is 0.499. The number of nitrogen functional groups attached to an aromatic ring is 1.